The van der Waals surface area contributed by atoms with Gasteiger partial charge in [0.2, 0.25) is 5.91 Å². The second-order valence-corrected chi connectivity index (χ2v) is 6.99. The number of benzene rings is 1. The molecule has 0 saturated carbocycles. The van der Waals surface area contributed by atoms with Crippen molar-refractivity contribution < 1.29 is 9.90 Å². The van der Waals surface area contributed by atoms with Gasteiger partial charge in [-0.2, -0.15) is 0 Å². The molecule has 0 radical (unpaired) electrons. The highest BCUT2D eigenvalue weighted by Gasteiger charge is 2.19. The molecule has 1 saturated heterocycles. The van der Waals surface area contributed by atoms with Gasteiger partial charge in [-0.05, 0) is 56.4 Å². The minimum Gasteiger partial charge on any atom is -0.508 e. The average molecular weight is 343 g/mol. The Morgan fingerprint density at radius 2 is 1.84 bits per heavy atom. The number of phenols is 1. The Morgan fingerprint density at radius 1 is 1.08 bits per heavy atom. The lowest BCUT2D eigenvalue weighted by atomic mass is 9.97. The molecule has 1 heterocycles. The van der Waals surface area contributed by atoms with Gasteiger partial charge in [-0.1, -0.05) is 11.6 Å². The third kappa shape index (κ3) is 5.49. The van der Waals surface area contributed by atoms with E-state index in [-0.39, 0.29) is 5.91 Å². The minimum absolute atomic E-state index is 0.134. The summed E-state index contributed by atoms with van der Waals surface area (Å²) in [7, 11) is 0. The lowest BCUT2D eigenvalue weighted by Crippen LogP contribution is -2.49. The van der Waals surface area contributed by atoms with Crippen molar-refractivity contribution in [2.24, 2.45) is 0 Å². The topological polar surface area (TPSA) is 55.8 Å². The zero-order chi connectivity index (χ0) is 17.5. The van der Waals surface area contributed by atoms with E-state index in [0.29, 0.717) is 12.3 Å². The number of amides is 1. The Labute approximate surface area is 150 Å². The molecule has 0 spiro atoms. The SMILES string of the molecule is O=C(CN1CCN(c2ccc(O)cc2)CC1)NCCC1=CCCCC1. The van der Waals surface area contributed by atoms with E-state index in [1.165, 1.54) is 31.3 Å². The van der Waals surface area contributed by atoms with Gasteiger partial charge in [0.25, 0.3) is 0 Å². The van der Waals surface area contributed by atoms with Gasteiger partial charge >= 0.3 is 0 Å². The highest BCUT2D eigenvalue weighted by atomic mass is 16.3. The summed E-state index contributed by atoms with van der Waals surface area (Å²) in [6.45, 7) is 4.84. The zero-order valence-corrected chi connectivity index (χ0v) is 14.9. The summed E-state index contributed by atoms with van der Waals surface area (Å²) in [5.41, 5.74) is 2.64. The van der Waals surface area contributed by atoms with E-state index in [1.54, 1.807) is 12.1 Å². The van der Waals surface area contributed by atoms with Crippen molar-refractivity contribution in [3.8, 4) is 5.75 Å². The molecular weight excluding hydrogens is 314 g/mol. The maximum Gasteiger partial charge on any atom is 0.234 e. The monoisotopic (exact) mass is 343 g/mol. The van der Waals surface area contributed by atoms with Gasteiger partial charge in [-0.15, -0.1) is 0 Å². The molecule has 2 N–H and O–H groups in total. The van der Waals surface area contributed by atoms with Crippen LogP contribution in [0.3, 0.4) is 0 Å². The van der Waals surface area contributed by atoms with Crippen LogP contribution in [0.25, 0.3) is 0 Å². The first-order valence-electron chi connectivity index (χ1n) is 9.41. The molecule has 5 heteroatoms. The van der Waals surface area contributed by atoms with E-state index in [9.17, 15) is 9.90 Å². The minimum atomic E-state index is 0.134. The number of hydrogen-bond acceptors (Lipinski definition) is 4. The fourth-order valence-electron chi connectivity index (χ4n) is 3.58. The molecule has 1 aromatic rings. The van der Waals surface area contributed by atoms with Crippen LogP contribution in [-0.4, -0.2) is 55.2 Å². The number of nitrogens with zero attached hydrogens (tertiary/aromatic N) is 2. The van der Waals surface area contributed by atoms with Crippen LogP contribution in [0.5, 0.6) is 5.75 Å². The maximum absolute atomic E-state index is 12.1. The van der Waals surface area contributed by atoms with Crippen molar-refractivity contribution in [3.05, 3.63) is 35.9 Å². The van der Waals surface area contributed by atoms with Gasteiger partial charge in [0.1, 0.15) is 5.75 Å². The third-order valence-corrected chi connectivity index (χ3v) is 5.11. The largest absolute Gasteiger partial charge is 0.508 e. The maximum atomic E-state index is 12.1. The van der Waals surface area contributed by atoms with E-state index in [2.05, 4.69) is 21.2 Å². The molecule has 0 bridgehead atoms. The molecule has 3 rings (SSSR count). The van der Waals surface area contributed by atoms with Gasteiger partial charge in [0, 0.05) is 38.4 Å². The van der Waals surface area contributed by atoms with Gasteiger partial charge in [0.15, 0.2) is 0 Å². The van der Waals surface area contributed by atoms with Crippen molar-refractivity contribution in [3.63, 3.8) is 0 Å². The van der Waals surface area contributed by atoms with Crippen molar-refractivity contribution in [1.82, 2.24) is 10.2 Å². The Kier molecular flexibility index (Phi) is 6.34. The normalized spacial score (nSPS) is 18.7. The molecule has 1 aromatic carbocycles. The zero-order valence-electron chi connectivity index (χ0n) is 14.9. The second kappa shape index (κ2) is 8.90. The number of aromatic hydroxyl groups is 1. The van der Waals surface area contributed by atoms with Crippen molar-refractivity contribution >= 4 is 11.6 Å². The number of carbonyl (C=O) groups is 1. The smallest absolute Gasteiger partial charge is 0.234 e. The van der Waals surface area contributed by atoms with E-state index in [0.717, 1.165) is 44.8 Å². The molecule has 0 unspecified atom stereocenters. The fourth-order valence-corrected chi connectivity index (χ4v) is 3.58. The summed E-state index contributed by atoms with van der Waals surface area (Å²) < 4.78 is 0. The number of anilines is 1. The quantitative estimate of drug-likeness (QED) is 0.780. The predicted octanol–water partition coefficient (Wildman–Crippen LogP) is 2.52. The van der Waals surface area contributed by atoms with Gasteiger partial charge in [0.05, 0.1) is 6.54 Å². The first-order valence-corrected chi connectivity index (χ1v) is 9.41. The second-order valence-electron chi connectivity index (χ2n) is 6.99. The van der Waals surface area contributed by atoms with Crippen LogP contribution in [0.2, 0.25) is 0 Å². The molecule has 1 aliphatic carbocycles. The molecule has 2 aliphatic rings. The Hall–Kier alpha value is -2.01. The van der Waals surface area contributed by atoms with Crippen LogP contribution in [-0.2, 0) is 4.79 Å². The molecule has 5 nitrogen and oxygen atoms in total. The number of allylic oxidation sites excluding steroid dienone is 1. The van der Waals surface area contributed by atoms with E-state index in [1.807, 2.05) is 12.1 Å². The number of nitrogens with one attached hydrogen (secondary N) is 1. The number of rotatable bonds is 6. The summed E-state index contributed by atoms with van der Waals surface area (Å²) in [5, 5.41) is 12.4. The third-order valence-electron chi connectivity index (χ3n) is 5.11. The van der Waals surface area contributed by atoms with Crippen LogP contribution in [0.1, 0.15) is 32.1 Å². The average Bonchev–Trinajstić information content (AvgIpc) is 2.64. The number of phenolic OH excluding ortho intramolecular Hbond substituents is 1. The van der Waals surface area contributed by atoms with Crippen LogP contribution in [0.4, 0.5) is 5.69 Å². The lowest BCUT2D eigenvalue weighted by Gasteiger charge is -2.35. The molecule has 1 aliphatic heterocycles. The van der Waals surface area contributed by atoms with Crippen molar-refractivity contribution in [1.29, 1.82) is 0 Å². The van der Waals surface area contributed by atoms with Crippen molar-refractivity contribution in [2.45, 2.75) is 32.1 Å². The van der Waals surface area contributed by atoms with Gasteiger partial charge in [-0.25, -0.2) is 0 Å². The molecule has 1 amide bonds. The van der Waals surface area contributed by atoms with E-state index >= 15 is 0 Å². The highest BCUT2D eigenvalue weighted by molar-refractivity contribution is 5.78. The summed E-state index contributed by atoms with van der Waals surface area (Å²) in [5.74, 6) is 0.428. The number of hydrogen-bond donors (Lipinski definition) is 2. The number of carbonyl (C=O) groups excluding carboxylic acids is 1. The highest BCUT2D eigenvalue weighted by Crippen LogP contribution is 2.20. The Balaban J connectivity index is 1.34. The first-order chi connectivity index (χ1) is 12.2. The predicted molar refractivity (Wildman–Crippen MR) is 101 cm³/mol. The Bertz CT molecular complexity index is 589. The molecule has 0 aromatic heterocycles. The lowest BCUT2D eigenvalue weighted by molar-refractivity contribution is -0.122. The molecule has 1 fully saturated rings. The van der Waals surface area contributed by atoms with E-state index in [4.69, 9.17) is 0 Å². The van der Waals surface area contributed by atoms with Crippen LogP contribution >= 0.6 is 0 Å². The first kappa shape index (κ1) is 17.8. The standard InChI is InChI=1S/C20H29N3O2/c24-19-8-6-18(7-9-19)23-14-12-22(13-15-23)16-20(25)21-11-10-17-4-2-1-3-5-17/h4,6-9,24H,1-3,5,10-16H2,(H,21,25). The summed E-state index contributed by atoms with van der Waals surface area (Å²) in [4.78, 5) is 16.6. The van der Waals surface area contributed by atoms with Gasteiger partial charge in [-0.3, -0.25) is 9.69 Å². The van der Waals surface area contributed by atoms with Crippen molar-refractivity contribution in [2.75, 3.05) is 44.2 Å². The molecule has 25 heavy (non-hydrogen) atoms. The molecule has 136 valence electrons. The van der Waals surface area contributed by atoms with Crippen LogP contribution in [0, 0.1) is 0 Å². The van der Waals surface area contributed by atoms with E-state index < -0.39 is 0 Å². The molecule has 0 atom stereocenters. The summed E-state index contributed by atoms with van der Waals surface area (Å²) >= 11 is 0. The Morgan fingerprint density at radius 3 is 2.52 bits per heavy atom. The molecular formula is C20H29N3O2. The van der Waals surface area contributed by atoms with Crippen LogP contribution < -0.4 is 10.2 Å². The van der Waals surface area contributed by atoms with Crippen LogP contribution in [0.15, 0.2) is 35.9 Å². The number of piperazine rings is 1. The summed E-state index contributed by atoms with van der Waals surface area (Å²) in [6, 6.07) is 7.32. The van der Waals surface area contributed by atoms with Gasteiger partial charge < -0.3 is 15.3 Å². The summed E-state index contributed by atoms with van der Waals surface area (Å²) in [6.07, 6.45) is 8.36. The fraction of sp³-hybridized carbons (Fsp3) is 0.550.